The normalized spacial score (nSPS) is 21.5. The van der Waals surface area contributed by atoms with E-state index in [-0.39, 0.29) is 24.3 Å². The number of aliphatic hydroxyl groups excluding tert-OH is 1. The molecule has 4 nitrogen and oxygen atoms in total. The van der Waals surface area contributed by atoms with Gasteiger partial charge in [-0.15, -0.1) is 0 Å². The van der Waals surface area contributed by atoms with Crippen molar-refractivity contribution < 1.29 is 19.4 Å². The van der Waals surface area contributed by atoms with Crippen LogP contribution in [0.15, 0.2) is 12.2 Å². The van der Waals surface area contributed by atoms with Crippen molar-refractivity contribution in [1.82, 2.24) is 0 Å². The van der Waals surface area contributed by atoms with Crippen LogP contribution in [0.3, 0.4) is 0 Å². The van der Waals surface area contributed by atoms with Crippen LogP contribution >= 0.6 is 0 Å². The molecule has 0 aromatic heterocycles. The third-order valence-corrected chi connectivity index (χ3v) is 4.34. The Morgan fingerprint density at radius 2 is 1.96 bits per heavy atom. The van der Waals surface area contributed by atoms with Gasteiger partial charge in [0.2, 0.25) is 0 Å². The average Bonchev–Trinajstić information content (AvgIpc) is 3.33. The predicted molar refractivity (Wildman–Crippen MR) is 92.3 cm³/mol. The number of esters is 1. The fourth-order valence-electron chi connectivity index (χ4n) is 2.77. The molecule has 1 aliphatic rings. The summed E-state index contributed by atoms with van der Waals surface area (Å²) in [4.78, 5) is 11.2. The van der Waals surface area contributed by atoms with Crippen molar-refractivity contribution in [3.63, 3.8) is 0 Å². The van der Waals surface area contributed by atoms with Crippen molar-refractivity contribution in [2.24, 2.45) is 0 Å². The number of hydrogen-bond donors (Lipinski definition) is 1. The topological polar surface area (TPSA) is 59.1 Å². The Balaban J connectivity index is 1.86. The number of allylic oxidation sites excluding steroid dienone is 1. The molecule has 3 atom stereocenters. The molecule has 134 valence electrons. The Morgan fingerprint density at radius 1 is 1.17 bits per heavy atom. The van der Waals surface area contributed by atoms with Gasteiger partial charge in [0.1, 0.15) is 0 Å². The second-order valence-corrected chi connectivity index (χ2v) is 6.47. The van der Waals surface area contributed by atoms with Gasteiger partial charge in [0, 0.05) is 0 Å². The van der Waals surface area contributed by atoms with Crippen LogP contribution in [-0.2, 0) is 14.3 Å². The van der Waals surface area contributed by atoms with Crippen molar-refractivity contribution >= 4 is 5.97 Å². The Morgan fingerprint density at radius 3 is 2.70 bits per heavy atom. The van der Waals surface area contributed by atoms with Gasteiger partial charge in [0.25, 0.3) is 0 Å². The van der Waals surface area contributed by atoms with Gasteiger partial charge in [-0.05, 0) is 32.1 Å². The third-order valence-electron chi connectivity index (χ3n) is 4.34. The molecule has 0 aliphatic carbocycles. The molecule has 1 fully saturated rings. The monoisotopic (exact) mass is 326 g/mol. The number of hydrogen-bond acceptors (Lipinski definition) is 4. The summed E-state index contributed by atoms with van der Waals surface area (Å²) >= 11 is 0. The number of carbonyl (C=O) groups is 1. The zero-order valence-corrected chi connectivity index (χ0v) is 14.8. The molecule has 0 aromatic rings. The van der Waals surface area contributed by atoms with Gasteiger partial charge in [0.05, 0.1) is 19.3 Å². The minimum absolute atomic E-state index is 0.0841. The molecule has 0 aromatic carbocycles. The Labute approximate surface area is 141 Å². The molecular weight excluding hydrogens is 292 g/mol. The maximum atomic E-state index is 11.2. The van der Waals surface area contributed by atoms with Crippen LogP contribution in [0.1, 0.15) is 77.6 Å². The van der Waals surface area contributed by atoms with Crippen molar-refractivity contribution in [3.05, 3.63) is 12.2 Å². The van der Waals surface area contributed by atoms with Gasteiger partial charge >= 0.3 is 5.97 Å². The zero-order chi connectivity index (χ0) is 16.9. The van der Waals surface area contributed by atoms with Crippen molar-refractivity contribution in [2.45, 2.75) is 95.9 Å². The van der Waals surface area contributed by atoms with Crippen LogP contribution in [0.5, 0.6) is 0 Å². The lowest BCUT2D eigenvalue weighted by atomic mass is 10.1. The van der Waals surface area contributed by atoms with E-state index >= 15 is 0 Å². The molecule has 0 amide bonds. The average molecular weight is 326 g/mol. The van der Waals surface area contributed by atoms with E-state index in [0.29, 0.717) is 0 Å². The summed E-state index contributed by atoms with van der Waals surface area (Å²) in [6, 6.07) is 0. The minimum Gasteiger partial charge on any atom is -0.467 e. The lowest BCUT2D eigenvalue weighted by molar-refractivity contribution is -0.142. The van der Waals surface area contributed by atoms with E-state index in [4.69, 9.17) is 4.74 Å². The van der Waals surface area contributed by atoms with Gasteiger partial charge in [-0.1, -0.05) is 57.6 Å². The molecule has 0 spiro atoms. The first-order valence-corrected chi connectivity index (χ1v) is 9.25. The number of rotatable bonds is 14. The second kappa shape index (κ2) is 12.5. The standard InChI is InChI=1S/C19H34O4/c1-3-4-5-10-13-16(20)14-11-8-6-7-9-12-15-17-18(23-17)19(21)22-2/h8,11,16-18,20H,3-7,9-10,12-15H2,1-2H3/b11-8-. The number of epoxide rings is 1. The fraction of sp³-hybridized carbons (Fsp3) is 0.842. The first kappa shape index (κ1) is 20.2. The number of ether oxygens (including phenoxy) is 2. The second-order valence-electron chi connectivity index (χ2n) is 6.47. The highest BCUT2D eigenvalue weighted by Gasteiger charge is 2.45. The van der Waals surface area contributed by atoms with Gasteiger partial charge < -0.3 is 14.6 Å². The fourth-order valence-corrected chi connectivity index (χ4v) is 2.77. The quantitative estimate of drug-likeness (QED) is 0.225. The van der Waals surface area contributed by atoms with Crippen molar-refractivity contribution in [1.29, 1.82) is 0 Å². The summed E-state index contributed by atoms with van der Waals surface area (Å²) in [5.41, 5.74) is 0. The zero-order valence-electron chi connectivity index (χ0n) is 14.8. The largest absolute Gasteiger partial charge is 0.467 e. The van der Waals surface area contributed by atoms with Gasteiger partial charge in [-0.3, -0.25) is 0 Å². The summed E-state index contributed by atoms with van der Waals surface area (Å²) in [6.45, 7) is 2.20. The molecule has 3 unspecified atom stereocenters. The molecule has 1 N–H and O–H groups in total. The Kier molecular flexibility index (Phi) is 11.0. The molecule has 1 aliphatic heterocycles. The lowest BCUT2D eigenvalue weighted by Gasteiger charge is -2.06. The van der Waals surface area contributed by atoms with Crippen LogP contribution in [0.25, 0.3) is 0 Å². The Hall–Kier alpha value is -0.870. The van der Waals surface area contributed by atoms with Crippen LogP contribution < -0.4 is 0 Å². The van der Waals surface area contributed by atoms with Crippen LogP contribution in [0.4, 0.5) is 0 Å². The van der Waals surface area contributed by atoms with E-state index < -0.39 is 0 Å². The van der Waals surface area contributed by atoms with Crippen LogP contribution in [0.2, 0.25) is 0 Å². The first-order valence-electron chi connectivity index (χ1n) is 9.25. The SMILES string of the molecule is CCCCCCC(O)C/C=C\CCCCCC1OC1C(=O)OC. The molecule has 1 heterocycles. The summed E-state index contributed by atoms with van der Waals surface area (Å²) in [5.74, 6) is -0.244. The van der Waals surface area contributed by atoms with E-state index in [0.717, 1.165) is 51.4 Å². The van der Waals surface area contributed by atoms with E-state index in [2.05, 4.69) is 23.8 Å². The molecule has 0 radical (unpaired) electrons. The number of carbonyl (C=O) groups excluding carboxylic acids is 1. The van der Waals surface area contributed by atoms with Crippen LogP contribution in [0, 0.1) is 0 Å². The third kappa shape index (κ3) is 9.77. The predicted octanol–water partition coefficient (Wildman–Crippen LogP) is 4.15. The van der Waals surface area contributed by atoms with E-state index in [1.165, 1.54) is 26.4 Å². The number of aliphatic hydroxyl groups is 1. The highest BCUT2D eigenvalue weighted by Crippen LogP contribution is 2.28. The van der Waals surface area contributed by atoms with E-state index in [9.17, 15) is 9.90 Å². The van der Waals surface area contributed by atoms with E-state index in [1.807, 2.05) is 0 Å². The molecule has 23 heavy (non-hydrogen) atoms. The molecule has 4 heteroatoms. The van der Waals surface area contributed by atoms with Crippen molar-refractivity contribution in [3.8, 4) is 0 Å². The molecular formula is C19H34O4. The Bertz CT molecular complexity index is 340. The summed E-state index contributed by atoms with van der Waals surface area (Å²) in [5, 5.41) is 9.84. The van der Waals surface area contributed by atoms with Crippen molar-refractivity contribution in [2.75, 3.05) is 7.11 Å². The highest BCUT2D eigenvalue weighted by molar-refractivity contribution is 5.77. The highest BCUT2D eigenvalue weighted by atomic mass is 16.6. The minimum atomic E-state index is -0.307. The molecule has 1 rings (SSSR count). The van der Waals surface area contributed by atoms with Gasteiger partial charge in [-0.2, -0.15) is 0 Å². The molecule has 0 bridgehead atoms. The summed E-state index contributed by atoms with van der Waals surface area (Å²) < 4.78 is 9.91. The van der Waals surface area contributed by atoms with Gasteiger partial charge in [0.15, 0.2) is 6.10 Å². The smallest absolute Gasteiger partial charge is 0.337 e. The molecule has 0 saturated carbocycles. The number of unbranched alkanes of at least 4 members (excludes halogenated alkanes) is 6. The van der Waals surface area contributed by atoms with Crippen LogP contribution in [-0.4, -0.2) is 36.5 Å². The number of methoxy groups -OCH3 is 1. The summed E-state index contributed by atoms with van der Waals surface area (Å²) in [7, 11) is 1.40. The van der Waals surface area contributed by atoms with E-state index in [1.54, 1.807) is 0 Å². The first-order chi connectivity index (χ1) is 11.2. The summed E-state index contributed by atoms with van der Waals surface area (Å²) in [6.07, 6.45) is 15.9. The maximum absolute atomic E-state index is 11.2. The molecule has 1 saturated heterocycles. The lowest BCUT2D eigenvalue weighted by Crippen LogP contribution is -2.11. The maximum Gasteiger partial charge on any atom is 0.337 e. The van der Waals surface area contributed by atoms with Gasteiger partial charge in [-0.25, -0.2) is 4.79 Å².